The molecule has 0 saturated carbocycles. The lowest BCUT2D eigenvalue weighted by atomic mass is 10.1. The van der Waals surface area contributed by atoms with Crippen LogP contribution in [0.15, 0.2) is 47.9 Å². The minimum Gasteiger partial charge on any atom is -0.493 e. The van der Waals surface area contributed by atoms with E-state index in [1.165, 1.54) is 51.5 Å². The number of anilines is 1. The van der Waals surface area contributed by atoms with Crippen LogP contribution in [-0.2, 0) is 14.8 Å². The Morgan fingerprint density at radius 1 is 1.16 bits per heavy atom. The van der Waals surface area contributed by atoms with Crippen LogP contribution in [0.5, 0.6) is 11.5 Å². The van der Waals surface area contributed by atoms with Crippen molar-refractivity contribution in [2.75, 3.05) is 32.2 Å². The number of carbonyl (C=O) groups excluding carboxylic acids is 1. The SMILES string of the molecule is C=CCN(c1cc(OC)c(OC)cc1C(=O)OC)S(=O)(=O)c1ccc(C)c([N+](=O)[O-])c1. The Labute approximate surface area is 179 Å². The molecule has 0 N–H and O–H groups in total. The second-order valence-corrected chi connectivity index (χ2v) is 8.11. The first kappa shape index (κ1) is 23.7. The molecule has 0 saturated heterocycles. The van der Waals surface area contributed by atoms with Crippen LogP contribution in [0, 0.1) is 17.0 Å². The van der Waals surface area contributed by atoms with Crippen molar-refractivity contribution < 1.29 is 32.3 Å². The number of hydrogen-bond acceptors (Lipinski definition) is 8. The molecule has 0 amide bonds. The molecule has 31 heavy (non-hydrogen) atoms. The Morgan fingerprint density at radius 2 is 1.77 bits per heavy atom. The molecule has 10 nitrogen and oxygen atoms in total. The monoisotopic (exact) mass is 450 g/mol. The van der Waals surface area contributed by atoms with Gasteiger partial charge in [0.15, 0.2) is 11.5 Å². The molecular formula is C20H22N2O8S. The lowest BCUT2D eigenvalue weighted by molar-refractivity contribution is -0.385. The van der Waals surface area contributed by atoms with E-state index in [9.17, 15) is 23.3 Å². The van der Waals surface area contributed by atoms with Crippen LogP contribution in [0.4, 0.5) is 11.4 Å². The quantitative estimate of drug-likeness (QED) is 0.247. The molecule has 0 spiro atoms. The Hall–Kier alpha value is -3.60. The molecule has 166 valence electrons. The first-order valence-corrected chi connectivity index (χ1v) is 10.3. The second-order valence-electron chi connectivity index (χ2n) is 6.25. The lowest BCUT2D eigenvalue weighted by Gasteiger charge is -2.26. The molecular weight excluding hydrogens is 428 g/mol. The van der Waals surface area contributed by atoms with E-state index in [-0.39, 0.29) is 39.9 Å². The molecule has 0 bridgehead atoms. The summed E-state index contributed by atoms with van der Waals surface area (Å²) in [5.74, 6) is -0.451. The van der Waals surface area contributed by atoms with E-state index >= 15 is 0 Å². The Morgan fingerprint density at radius 3 is 2.29 bits per heavy atom. The Kier molecular flexibility index (Phi) is 7.24. The van der Waals surface area contributed by atoms with Crippen molar-refractivity contribution in [2.45, 2.75) is 11.8 Å². The smallest absolute Gasteiger partial charge is 0.340 e. The van der Waals surface area contributed by atoms with E-state index in [1.54, 1.807) is 0 Å². The normalized spacial score (nSPS) is 10.8. The molecule has 0 aliphatic heterocycles. The van der Waals surface area contributed by atoms with Gasteiger partial charge in [0, 0.05) is 23.8 Å². The van der Waals surface area contributed by atoms with Crippen LogP contribution in [0.25, 0.3) is 0 Å². The fraction of sp³-hybridized carbons (Fsp3) is 0.250. The third kappa shape index (κ3) is 4.61. The standard InChI is InChI=1S/C20H22N2O8S/c1-6-9-21(31(26,27)14-8-7-13(2)16(10-14)22(24)25)17-12-19(29-4)18(28-3)11-15(17)20(23)30-5/h6-8,10-12H,1,9H2,2-5H3. The van der Waals surface area contributed by atoms with E-state index < -0.39 is 20.9 Å². The fourth-order valence-electron chi connectivity index (χ4n) is 2.86. The maximum atomic E-state index is 13.5. The molecule has 0 aromatic heterocycles. The minimum atomic E-state index is -4.34. The number of benzene rings is 2. The number of nitrogens with zero attached hydrogens (tertiary/aromatic N) is 2. The number of ether oxygens (including phenoxy) is 3. The lowest BCUT2D eigenvalue weighted by Crippen LogP contribution is -2.32. The molecule has 0 unspecified atom stereocenters. The topological polar surface area (TPSA) is 125 Å². The zero-order valence-electron chi connectivity index (χ0n) is 17.4. The maximum absolute atomic E-state index is 13.5. The summed E-state index contributed by atoms with van der Waals surface area (Å²) < 4.78 is 43.0. The molecule has 0 radical (unpaired) electrons. The van der Waals surface area contributed by atoms with Crippen molar-refractivity contribution in [2.24, 2.45) is 0 Å². The average molecular weight is 450 g/mol. The van der Waals surface area contributed by atoms with Crippen molar-refractivity contribution in [3.05, 3.63) is 64.2 Å². The van der Waals surface area contributed by atoms with Crippen LogP contribution in [0.3, 0.4) is 0 Å². The Bertz CT molecular complexity index is 1130. The van der Waals surface area contributed by atoms with Crippen molar-refractivity contribution in [1.29, 1.82) is 0 Å². The van der Waals surface area contributed by atoms with Gasteiger partial charge in [0.2, 0.25) is 0 Å². The summed E-state index contributed by atoms with van der Waals surface area (Å²) in [5.41, 5.74) is -0.208. The van der Waals surface area contributed by atoms with Crippen LogP contribution in [0.2, 0.25) is 0 Å². The summed E-state index contributed by atoms with van der Waals surface area (Å²) in [6.45, 7) is 4.84. The summed E-state index contributed by atoms with van der Waals surface area (Å²) in [4.78, 5) is 22.7. The molecule has 11 heteroatoms. The van der Waals surface area contributed by atoms with Crippen molar-refractivity contribution in [3.63, 3.8) is 0 Å². The van der Waals surface area contributed by atoms with Crippen LogP contribution in [-0.4, -0.2) is 47.2 Å². The molecule has 0 fully saturated rings. The summed E-state index contributed by atoms with van der Waals surface area (Å²) in [7, 11) is -0.473. The highest BCUT2D eigenvalue weighted by molar-refractivity contribution is 7.92. The third-order valence-corrected chi connectivity index (χ3v) is 6.21. The number of rotatable bonds is 9. The molecule has 0 aliphatic rings. The van der Waals surface area contributed by atoms with Gasteiger partial charge in [-0.2, -0.15) is 0 Å². The zero-order valence-corrected chi connectivity index (χ0v) is 18.3. The van der Waals surface area contributed by atoms with Crippen LogP contribution in [0.1, 0.15) is 15.9 Å². The van der Waals surface area contributed by atoms with Gasteiger partial charge in [-0.15, -0.1) is 6.58 Å². The number of hydrogen-bond donors (Lipinski definition) is 0. The van der Waals surface area contributed by atoms with Gasteiger partial charge in [0.1, 0.15) is 0 Å². The van der Waals surface area contributed by atoms with E-state index in [2.05, 4.69) is 6.58 Å². The maximum Gasteiger partial charge on any atom is 0.340 e. The van der Waals surface area contributed by atoms with Gasteiger partial charge in [0.05, 0.1) is 48.9 Å². The highest BCUT2D eigenvalue weighted by Crippen LogP contribution is 2.38. The molecule has 0 aliphatic carbocycles. The third-order valence-electron chi connectivity index (χ3n) is 4.44. The van der Waals surface area contributed by atoms with Crippen LogP contribution < -0.4 is 13.8 Å². The number of esters is 1. The van der Waals surface area contributed by atoms with E-state index in [0.29, 0.717) is 5.56 Å². The van der Waals surface area contributed by atoms with Gasteiger partial charge in [-0.25, -0.2) is 13.2 Å². The van der Waals surface area contributed by atoms with Crippen LogP contribution >= 0.6 is 0 Å². The first-order chi connectivity index (χ1) is 14.6. The fourth-order valence-corrected chi connectivity index (χ4v) is 4.33. The first-order valence-electron chi connectivity index (χ1n) is 8.85. The molecule has 0 atom stereocenters. The number of sulfonamides is 1. The number of aryl methyl sites for hydroxylation is 1. The van der Waals surface area contributed by atoms with Gasteiger partial charge in [0.25, 0.3) is 15.7 Å². The van der Waals surface area contributed by atoms with Gasteiger partial charge in [-0.05, 0) is 13.0 Å². The summed E-state index contributed by atoms with van der Waals surface area (Å²) in [5, 5.41) is 11.3. The predicted octanol–water partition coefficient (Wildman–Crippen LogP) is 3.09. The van der Waals surface area contributed by atoms with E-state index in [0.717, 1.165) is 17.5 Å². The van der Waals surface area contributed by atoms with Crippen molar-refractivity contribution >= 4 is 27.4 Å². The average Bonchev–Trinajstić information content (AvgIpc) is 2.75. The molecule has 2 aromatic rings. The Balaban J connectivity index is 2.81. The van der Waals surface area contributed by atoms with Gasteiger partial charge in [-0.1, -0.05) is 12.1 Å². The van der Waals surface area contributed by atoms with Gasteiger partial charge >= 0.3 is 5.97 Å². The highest BCUT2D eigenvalue weighted by atomic mass is 32.2. The molecule has 2 rings (SSSR count). The summed E-state index contributed by atoms with van der Waals surface area (Å²) in [6.07, 6.45) is 1.32. The highest BCUT2D eigenvalue weighted by Gasteiger charge is 2.31. The molecule has 0 heterocycles. The summed E-state index contributed by atoms with van der Waals surface area (Å²) in [6, 6.07) is 6.18. The number of methoxy groups -OCH3 is 3. The minimum absolute atomic E-state index is 0.0624. The van der Waals surface area contributed by atoms with Gasteiger partial charge < -0.3 is 14.2 Å². The zero-order chi connectivity index (χ0) is 23.3. The van der Waals surface area contributed by atoms with E-state index in [1.807, 2.05) is 0 Å². The number of nitro groups is 1. The number of nitro benzene ring substituents is 1. The second kappa shape index (κ2) is 9.47. The number of carbonyl (C=O) groups is 1. The van der Waals surface area contributed by atoms with Crippen molar-refractivity contribution in [1.82, 2.24) is 0 Å². The van der Waals surface area contributed by atoms with Crippen molar-refractivity contribution in [3.8, 4) is 11.5 Å². The summed E-state index contributed by atoms with van der Waals surface area (Å²) >= 11 is 0. The molecule has 2 aromatic carbocycles. The van der Waals surface area contributed by atoms with Gasteiger partial charge in [-0.3, -0.25) is 14.4 Å². The largest absolute Gasteiger partial charge is 0.493 e. The predicted molar refractivity (Wildman–Crippen MR) is 113 cm³/mol. The van der Waals surface area contributed by atoms with E-state index in [4.69, 9.17) is 14.2 Å².